The first kappa shape index (κ1) is 14.5. The second kappa shape index (κ2) is 6.06. The molecule has 1 aromatic carbocycles. The van der Waals surface area contributed by atoms with Gasteiger partial charge in [-0.05, 0) is 54.8 Å². The normalized spacial score (nSPS) is 19.4. The van der Waals surface area contributed by atoms with Crippen molar-refractivity contribution in [2.75, 3.05) is 13.1 Å². The number of nitrogens with one attached hydrogen (secondary N) is 1. The van der Waals surface area contributed by atoms with Crippen molar-refractivity contribution >= 4 is 0 Å². The van der Waals surface area contributed by atoms with Gasteiger partial charge in [0, 0.05) is 0 Å². The number of aliphatic hydroxyl groups is 1. The van der Waals surface area contributed by atoms with Crippen LogP contribution in [0.5, 0.6) is 0 Å². The Morgan fingerprint density at radius 3 is 2.32 bits per heavy atom. The van der Waals surface area contributed by atoms with E-state index in [1.54, 1.807) is 0 Å². The van der Waals surface area contributed by atoms with Gasteiger partial charge in [-0.3, -0.25) is 0 Å². The number of piperidine rings is 1. The fraction of sp³-hybridized carbons (Fsp3) is 0.647. The van der Waals surface area contributed by atoms with Crippen molar-refractivity contribution in [3.05, 3.63) is 35.4 Å². The maximum Gasteiger partial charge on any atom is 0.0819 e. The summed E-state index contributed by atoms with van der Waals surface area (Å²) in [6.07, 6.45) is 2.97. The van der Waals surface area contributed by atoms with E-state index in [4.69, 9.17) is 0 Å². The number of aliphatic hydroxyl groups excluding tert-OH is 1. The predicted octanol–water partition coefficient (Wildman–Crippen LogP) is 3.41. The first-order valence-corrected chi connectivity index (χ1v) is 7.54. The molecular weight excluding hydrogens is 234 g/mol. The van der Waals surface area contributed by atoms with Gasteiger partial charge in [0.15, 0.2) is 0 Å². The van der Waals surface area contributed by atoms with E-state index < -0.39 is 0 Å². The first-order valence-electron chi connectivity index (χ1n) is 7.54. The van der Waals surface area contributed by atoms with Crippen LogP contribution >= 0.6 is 0 Å². The van der Waals surface area contributed by atoms with E-state index in [2.05, 4.69) is 50.4 Å². The molecule has 0 spiro atoms. The van der Waals surface area contributed by atoms with Crippen LogP contribution in [-0.4, -0.2) is 18.2 Å². The van der Waals surface area contributed by atoms with Crippen LogP contribution in [0, 0.1) is 5.92 Å². The van der Waals surface area contributed by atoms with Crippen LogP contribution in [0.15, 0.2) is 24.3 Å². The molecule has 1 atom stereocenters. The van der Waals surface area contributed by atoms with Crippen molar-refractivity contribution in [3.8, 4) is 0 Å². The van der Waals surface area contributed by atoms with Crippen molar-refractivity contribution in [1.29, 1.82) is 0 Å². The van der Waals surface area contributed by atoms with Gasteiger partial charge in [-0.1, -0.05) is 45.0 Å². The second-order valence-corrected chi connectivity index (χ2v) is 6.39. The molecule has 1 aliphatic rings. The summed E-state index contributed by atoms with van der Waals surface area (Å²) in [6, 6.07) is 8.59. The molecule has 2 N–H and O–H groups in total. The maximum absolute atomic E-state index is 10.5. The molecule has 1 saturated heterocycles. The lowest BCUT2D eigenvalue weighted by molar-refractivity contribution is 0.0889. The Kier molecular flexibility index (Phi) is 4.64. The maximum atomic E-state index is 10.5. The molecule has 0 saturated carbocycles. The van der Waals surface area contributed by atoms with E-state index >= 15 is 0 Å². The highest BCUT2D eigenvalue weighted by atomic mass is 16.3. The van der Waals surface area contributed by atoms with Crippen LogP contribution in [0.3, 0.4) is 0 Å². The van der Waals surface area contributed by atoms with Crippen molar-refractivity contribution < 1.29 is 5.11 Å². The molecule has 1 aromatic rings. The summed E-state index contributed by atoms with van der Waals surface area (Å²) in [5.74, 6) is 0.409. The van der Waals surface area contributed by atoms with Gasteiger partial charge < -0.3 is 10.4 Å². The largest absolute Gasteiger partial charge is 0.388 e. The lowest BCUT2D eigenvalue weighted by atomic mass is 9.81. The van der Waals surface area contributed by atoms with Gasteiger partial charge in [0.1, 0.15) is 0 Å². The number of rotatable bonds is 4. The molecule has 2 heteroatoms. The third kappa shape index (κ3) is 3.37. The molecule has 1 fully saturated rings. The van der Waals surface area contributed by atoms with Gasteiger partial charge >= 0.3 is 0 Å². The molecule has 0 radical (unpaired) electrons. The first-order chi connectivity index (χ1) is 9.04. The monoisotopic (exact) mass is 261 g/mol. The summed E-state index contributed by atoms with van der Waals surface area (Å²) in [6.45, 7) is 8.82. The van der Waals surface area contributed by atoms with Gasteiger partial charge in [-0.25, -0.2) is 0 Å². The van der Waals surface area contributed by atoms with Gasteiger partial charge in [0.05, 0.1) is 6.10 Å². The minimum atomic E-state index is -0.305. The zero-order valence-electron chi connectivity index (χ0n) is 12.4. The van der Waals surface area contributed by atoms with Gasteiger partial charge in [0.25, 0.3) is 0 Å². The second-order valence-electron chi connectivity index (χ2n) is 6.39. The number of hydrogen-bond acceptors (Lipinski definition) is 2. The minimum absolute atomic E-state index is 0.220. The molecule has 0 aliphatic carbocycles. The zero-order valence-corrected chi connectivity index (χ0v) is 12.4. The number of benzene rings is 1. The minimum Gasteiger partial charge on any atom is -0.388 e. The van der Waals surface area contributed by atoms with Crippen LogP contribution in [0.1, 0.15) is 57.3 Å². The van der Waals surface area contributed by atoms with Gasteiger partial charge in [0.2, 0.25) is 0 Å². The predicted molar refractivity (Wildman–Crippen MR) is 80.3 cm³/mol. The summed E-state index contributed by atoms with van der Waals surface area (Å²) in [7, 11) is 0. The van der Waals surface area contributed by atoms with Crippen LogP contribution < -0.4 is 5.32 Å². The van der Waals surface area contributed by atoms with Crippen LogP contribution in [-0.2, 0) is 5.41 Å². The summed E-state index contributed by atoms with van der Waals surface area (Å²) in [4.78, 5) is 0. The van der Waals surface area contributed by atoms with E-state index in [0.29, 0.717) is 5.92 Å². The molecule has 0 aromatic heterocycles. The third-order valence-corrected chi connectivity index (χ3v) is 4.75. The summed E-state index contributed by atoms with van der Waals surface area (Å²) in [5.41, 5.74) is 2.65. The Bertz CT molecular complexity index is 390. The fourth-order valence-corrected chi connectivity index (χ4v) is 2.77. The quantitative estimate of drug-likeness (QED) is 0.870. The lowest BCUT2D eigenvalue weighted by Crippen LogP contribution is -2.30. The summed E-state index contributed by atoms with van der Waals surface area (Å²) < 4.78 is 0. The molecule has 19 heavy (non-hydrogen) atoms. The Morgan fingerprint density at radius 1 is 1.21 bits per heavy atom. The van der Waals surface area contributed by atoms with Crippen LogP contribution in [0.4, 0.5) is 0 Å². The molecule has 2 rings (SSSR count). The highest BCUT2D eigenvalue weighted by molar-refractivity contribution is 5.29. The van der Waals surface area contributed by atoms with Crippen LogP contribution in [0.25, 0.3) is 0 Å². The highest BCUT2D eigenvalue weighted by Crippen LogP contribution is 2.31. The average molecular weight is 261 g/mol. The van der Waals surface area contributed by atoms with Crippen molar-refractivity contribution in [1.82, 2.24) is 5.32 Å². The fourth-order valence-electron chi connectivity index (χ4n) is 2.77. The van der Waals surface area contributed by atoms with Crippen molar-refractivity contribution in [2.24, 2.45) is 5.92 Å². The SMILES string of the molecule is CCC(C)(C)c1ccc(C(O)C2CCNCC2)cc1. The standard InChI is InChI=1S/C17H27NO/c1-4-17(2,3)15-7-5-13(6-8-15)16(19)14-9-11-18-12-10-14/h5-8,14,16,18-19H,4,9-12H2,1-3H3. The van der Waals surface area contributed by atoms with Gasteiger partial charge in [-0.15, -0.1) is 0 Å². The highest BCUT2D eigenvalue weighted by Gasteiger charge is 2.24. The molecule has 0 bridgehead atoms. The molecule has 1 aliphatic heterocycles. The van der Waals surface area contributed by atoms with E-state index in [-0.39, 0.29) is 11.5 Å². The smallest absolute Gasteiger partial charge is 0.0819 e. The van der Waals surface area contributed by atoms with E-state index in [1.807, 2.05) is 0 Å². The Hall–Kier alpha value is -0.860. The van der Waals surface area contributed by atoms with E-state index in [9.17, 15) is 5.11 Å². The molecule has 0 amide bonds. The number of hydrogen-bond donors (Lipinski definition) is 2. The Balaban J connectivity index is 2.09. The summed E-state index contributed by atoms with van der Waals surface area (Å²) >= 11 is 0. The van der Waals surface area contributed by atoms with Crippen LogP contribution in [0.2, 0.25) is 0 Å². The topological polar surface area (TPSA) is 32.3 Å². The molecule has 1 unspecified atom stereocenters. The van der Waals surface area contributed by atoms with Crippen molar-refractivity contribution in [3.63, 3.8) is 0 Å². The van der Waals surface area contributed by atoms with Crippen molar-refractivity contribution in [2.45, 2.75) is 51.6 Å². The Morgan fingerprint density at radius 2 is 1.79 bits per heavy atom. The van der Waals surface area contributed by atoms with E-state index in [1.165, 1.54) is 5.56 Å². The van der Waals surface area contributed by atoms with E-state index in [0.717, 1.165) is 37.9 Å². The molecule has 1 heterocycles. The third-order valence-electron chi connectivity index (χ3n) is 4.75. The molecule has 2 nitrogen and oxygen atoms in total. The zero-order chi connectivity index (χ0) is 13.9. The molecular formula is C17H27NO. The summed E-state index contributed by atoms with van der Waals surface area (Å²) in [5, 5.41) is 13.8. The Labute approximate surface area is 117 Å². The lowest BCUT2D eigenvalue weighted by Gasteiger charge is -2.28. The average Bonchev–Trinajstić information content (AvgIpc) is 2.47. The molecule has 106 valence electrons. The van der Waals surface area contributed by atoms with Gasteiger partial charge in [-0.2, -0.15) is 0 Å².